The largest absolute Gasteiger partial charge is 0.345 e. The quantitative estimate of drug-likeness (QED) is 0.832. The molecule has 2 rings (SSSR count). The maximum atomic E-state index is 13.4. The molecule has 1 heterocycles. The first-order valence-electron chi connectivity index (χ1n) is 7.01. The Labute approximate surface area is 138 Å². The zero-order valence-corrected chi connectivity index (χ0v) is 14.1. The Morgan fingerprint density at radius 2 is 2.26 bits per heavy atom. The SMILES string of the molecule is CSCc1noc(CNC(=O)C(c2cccc(F)c2)N(C)C)n1. The Morgan fingerprint density at radius 3 is 2.91 bits per heavy atom. The van der Waals surface area contributed by atoms with E-state index >= 15 is 0 Å². The molecule has 1 aromatic heterocycles. The highest BCUT2D eigenvalue weighted by atomic mass is 32.2. The molecule has 8 heteroatoms. The monoisotopic (exact) mass is 338 g/mol. The van der Waals surface area contributed by atoms with Crippen molar-refractivity contribution in [2.24, 2.45) is 0 Å². The van der Waals surface area contributed by atoms with Crippen LogP contribution in [-0.4, -0.2) is 41.3 Å². The molecule has 0 aliphatic carbocycles. The van der Waals surface area contributed by atoms with Gasteiger partial charge in [0.05, 0.1) is 12.3 Å². The molecule has 0 aliphatic rings. The molecule has 1 aromatic carbocycles. The number of nitrogens with zero attached hydrogens (tertiary/aromatic N) is 3. The maximum absolute atomic E-state index is 13.4. The summed E-state index contributed by atoms with van der Waals surface area (Å²) in [6.45, 7) is 0.139. The van der Waals surface area contributed by atoms with Crippen LogP contribution in [0, 0.1) is 5.82 Å². The number of nitrogens with one attached hydrogen (secondary N) is 1. The molecule has 0 fully saturated rings. The first-order valence-corrected chi connectivity index (χ1v) is 8.40. The van der Waals surface area contributed by atoms with Crippen molar-refractivity contribution in [3.63, 3.8) is 0 Å². The van der Waals surface area contributed by atoms with Crippen molar-refractivity contribution in [2.45, 2.75) is 18.3 Å². The lowest BCUT2D eigenvalue weighted by Crippen LogP contribution is -2.36. The highest BCUT2D eigenvalue weighted by Gasteiger charge is 2.23. The number of amides is 1. The topological polar surface area (TPSA) is 71.3 Å². The molecule has 0 saturated heterocycles. The normalized spacial score (nSPS) is 12.4. The first kappa shape index (κ1) is 17.4. The van der Waals surface area contributed by atoms with Crippen LogP contribution < -0.4 is 5.32 Å². The fourth-order valence-electron chi connectivity index (χ4n) is 2.17. The highest BCUT2D eigenvalue weighted by molar-refractivity contribution is 7.97. The lowest BCUT2D eigenvalue weighted by molar-refractivity contribution is -0.126. The first-order chi connectivity index (χ1) is 11.0. The average molecular weight is 338 g/mol. The van der Waals surface area contributed by atoms with E-state index in [4.69, 9.17) is 4.52 Å². The van der Waals surface area contributed by atoms with Gasteiger partial charge in [-0.2, -0.15) is 16.7 Å². The summed E-state index contributed by atoms with van der Waals surface area (Å²) in [6.07, 6.45) is 1.94. The predicted octanol–water partition coefficient (Wildman–Crippen LogP) is 1.99. The molecule has 1 amide bonds. The number of carbonyl (C=O) groups excluding carboxylic acids is 1. The van der Waals surface area contributed by atoms with Crippen molar-refractivity contribution >= 4 is 17.7 Å². The summed E-state index contributed by atoms with van der Waals surface area (Å²) in [5.41, 5.74) is 0.584. The van der Waals surface area contributed by atoms with Gasteiger partial charge in [0.2, 0.25) is 11.8 Å². The van der Waals surface area contributed by atoms with E-state index in [2.05, 4.69) is 15.5 Å². The molecule has 1 N–H and O–H groups in total. The number of benzene rings is 1. The fourth-order valence-corrected chi connectivity index (χ4v) is 2.55. The average Bonchev–Trinajstić information content (AvgIpc) is 2.93. The standard InChI is InChI=1S/C15H19FN4O2S/c1-20(2)14(10-5-4-6-11(16)7-10)15(21)17-8-13-18-12(9-23-3)19-22-13/h4-7,14H,8-9H2,1-3H3,(H,17,21). The number of hydrogen-bond donors (Lipinski definition) is 1. The third-order valence-corrected chi connectivity index (χ3v) is 3.67. The molecule has 2 aromatic rings. The van der Waals surface area contributed by atoms with Crippen LogP contribution in [0.1, 0.15) is 23.3 Å². The van der Waals surface area contributed by atoms with Crippen molar-refractivity contribution in [1.82, 2.24) is 20.4 Å². The van der Waals surface area contributed by atoms with Crippen LogP contribution in [0.25, 0.3) is 0 Å². The zero-order chi connectivity index (χ0) is 16.8. The van der Waals surface area contributed by atoms with E-state index in [-0.39, 0.29) is 18.3 Å². The van der Waals surface area contributed by atoms with Crippen LogP contribution in [0.3, 0.4) is 0 Å². The molecule has 6 nitrogen and oxygen atoms in total. The van der Waals surface area contributed by atoms with Crippen LogP contribution in [0.4, 0.5) is 4.39 Å². The van der Waals surface area contributed by atoms with E-state index in [1.807, 2.05) is 6.26 Å². The van der Waals surface area contributed by atoms with Gasteiger partial charge in [0.1, 0.15) is 11.9 Å². The van der Waals surface area contributed by atoms with E-state index < -0.39 is 6.04 Å². The third-order valence-electron chi connectivity index (χ3n) is 3.13. The van der Waals surface area contributed by atoms with Gasteiger partial charge in [-0.1, -0.05) is 17.3 Å². The van der Waals surface area contributed by atoms with E-state index in [0.29, 0.717) is 23.0 Å². The number of rotatable bonds is 7. The molecule has 23 heavy (non-hydrogen) atoms. The molecule has 0 saturated carbocycles. The summed E-state index contributed by atoms with van der Waals surface area (Å²) in [5, 5.41) is 6.56. The summed E-state index contributed by atoms with van der Waals surface area (Å²) in [5.74, 6) is 0.960. The Kier molecular flexibility index (Phi) is 6.12. The molecule has 0 spiro atoms. The van der Waals surface area contributed by atoms with Gasteiger partial charge in [-0.15, -0.1) is 0 Å². The molecule has 1 atom stereocenters. The van der Waals surface area contributed by atoms with Gasteiger partial charge < -0.3 is 9.84 Å². The smallest absolute Gasteiger partial charge is 0.246 e. The van der Waals surface area contributed by atoms with Gasteiger partial charge in [-0.05, 0) is 38.0 Å². The van der Waals surface area contributed by atoms with E-state index in [1.54, 1.807) is 42.9 Å². The van der Waals surface area contributed by atoms with Gasteiger partial charge in [0.15, 0.2) is 5.82 Å². The van der Waals surface area contributed by atoms with Crippen LogP contribution in [0.5, 0.6) is 0 Å². The van der Waals surface area contributed by atoms with Crippen molar-refractivity contribution in [2.75, 3.05) is 20.4 Å². The number of halogens is 1. The minimum atomic E-state index is -0.598. The Morgan fingerprint density at radius 1 is 1.48 bits per heavy atom. The summed E-state index contributed by atoms with van der Waals surface area (Å²) in [4.78, 5) is 18.3. The van der Waals surface area contributed by atoms with Gasteiger partial charge in [0.25, 0.3) is 0 Å². The Bertz CT molecular complexity index is 662. The van der Waals surface area contributed by atoms with Crippen molar-refractivity contribution in [1.29, 1.82) is 0 Å². The summed E-state index contributed by atoms with van der Waals surface area (Å²) in [7, 11) is 3.52. The van der Waals surface area contributed by atoms with Gasteiger partial charge in [-0.3, -0.25) is 9.69 Å². The summed E-state index contributed by atoms with van der Waals surface area (Å²) < 4.78 is 18.5. The molecule has 0 radical (unpaired) electrons. The molecule has 0 aliphatic heterocycles. The second-order valence-electron chi connectivity index (χ2n) is 5.18. The fraction of sp³-hybridized carbons (Fsp3) is 0.400. The van der Waals surface area contributed by atoms with Gasteiger partial charge in [0, 0.05) is 0 Å². The lowest BCUT2D eigenvalue weighted by Gasteiger charge is -2.23. The molecule has 0 bridgehead atoms. The Hall–Kier alpha value is -1.93. The number of likely N-dealkylation sites (N-methyl/N-ethyl adjacent to an activating group) is 1. The second kappa shape index (κ2) is 8.07. The Balaban J connectivity index is 2.03. The minimum Gasteiger partial charge on any atom is -0.345 e. The molecule has 1 unspecified atom stereocenters. The van der Waals surface area contributed by atoms with Crippen molar-refractivity contribution in [3.05, 3.63) is 47.4 Å². The number of thioether (sulfide) groups is 1. The maximum Gasteiger partial charge on any atom is 0.246 e. The molecular weight excluding hydrogens is 319 g/mol. The van der Waals surface area contributed by atoms with Crippen LogP contribution >= 0.6 is 11.8 Å². The number of carbonyl (C=O) groups is 1. The highest BCUT2D eigenvalue weighted by Crippen LogP contribution is 2.19. The van der Waals surface area contributed by atoms with Gasteiger partial charge >= 0.3 is 0 Å². The van der Waals surface area contributed by atoms with Gasteiger partial charge in [-0.25, -0.2) is 4.39 Å². The van der Waals surface area contributed by atoms with E-state index in [1.165, 1.54) is 12.1 Å². The minimum absolute atomic E-state index is 0.139. The number of aromatic nitrogens is 2. The van der Waals surface area contributed by atoms with Crippen molar-refractivity contribution in [3.8, 4) is 0 Å². The van der Waals surface area contributed by atoms with E-state index in [9.17, 15) is 9.18 Å². The second-order valence-corrected chi connectivity index (χ2v) is 6.04. The predicted molar refractivity (Wildman–Crippen MR) is 86.2 cm³/mol. The van der Waals surface area contributed by atoms with Crippen molar-refractivity contribution < 1.29 is 13.7 Å². The van der Waals surface area contributed by atoms with Crippen LogP contribution in [0.2, 0.25) is 0 Å². The van der Waals surface area contributed by atoms with Crippen LogP contribution in [-0.2, 0) is 17.1 Å². The van der Waals surface area contributed by atoms with E-state index in [0.717, 1.165) is 0 Å². The third kappa shape index (κ3) is 4.77. The van der Waals surface area contributed by atoms with Crippen LogP contribution in [0.15, 0.2) is 28.8 Å². The zero-order valence-electron chi connectivity index (χ0n) is 13.2. The lowest BCUT2D eigenvalue weighted by atomic mass is 10.1. The molecular formula is C15H19FN4O2S. The molecule has 124 valence electrons. The number of hydrogen-bond acceptors (Lipinski definition) is 6. The summed E-state index contributed by atoms with van der Waals surface area (Å²) in [6, 6.07) is 5.41. The summed E-state index contributed by atoms with van der Waals surface area (Å²) >= 11 is 1.59.